The lowest BCUT2D eigenvalue weighted by Gasteiger charge is -2.36. The van der Waals surface area contributed by atoms with Crippen molar-refractivity contribution in [2.24, 2.45) is 5.92 Å². The molecule has 32 heavy (non-hydrogen) atoms. The van der Waals surface area contributed by atoms with E-state index in [9.17, 15) is 4.79 Å². The predicted octanol–water partition coefficient (Wildman–Crippen LogP) is 5.18. The second-order valence-electron chi connectivity index (χ2n) is 8.18. The van der Waals surface area contributed by atoms with E-state index >= 15 is 0 Å². The van der Waals surface area contributed by atoms with Gasteiger partial charge in [0.15, 0.2) is 0 Å². The molecule has 4 rings (SSSR count). The maximum absolute atomic E-state index is 11.0. The number of carboxylic acid groups (broad SMARTS) is 1. The van der Waals surface area contributed by atoms with E-state index < -0.39 is 5.97 Å². The smallest absolute Gasteiger partial charge is 0.309 e. The highest BCUT2D eigenvalue weighted by Crippen LogP contribution is 2.31. The SMILES string of the molecule is CCCCN(Cc1ccccc1Cl)c1nnc(-c2ccc(CN3CC(C(=O)O)C3)cc2)s1. The van der Waals surface area contributed by atoms with E-state index in [0.717, 1.165) is 52.2 Å². The Morgan fingerprint density at radius 1 is 1.19 bits per heavy atom. The molecular formula is C24H27ClN4O2S. The minimum atomic E-state index is -0.703. The van der Waals surface area contributed by atoms with Crippen LogP contribution in [0.2, 0.25) is 5.02 Å². The average Bonchev–Trinajstić information content (AvgIpc) is 3.25. The number of benzene rings is 2. The van der Waals surface area contributed by atoms with Gasteiger partial charge < -0.3 is 10.0 Å². The Labute approximate surface area is 197 Å². The first-order valence-electron chi connectivity index (χ1n) is 10.9. The number of rotatable bonds is 10. The summed E-state index contributed by atoms with van der Waals surface area (Å²) in [6, 6.07) is 16.2. The first-order valence-corrected chi connectivity index (χ1v) is 12.1. The third kappa shape index (κ3) is 5.46. The van der Waals surface area contributed by atoms with E-state index in [1.54, 1.807) is 11.3 Å². The largest absolute Gasteiger partial charge is 0.481 e. The monoisotopic (exact) mass is 470 g/mol. The van der Waals surface area contributed by atoms with Crippen molar-refractivity contribution in [2.45, 2.75) is 32.9 Å². The van der Waals surface area contributed by atoms with Crippen LogP contribution in [0.3, 0.4) is 0 Å². The van der Waals surface area contributed by atoms with Crippen molar-refractivity contribution in [3.05, 3.63) is 64.7 Å². The van der Waals surface area contributed by atoms with Gasteiger partial charge in [-0.3, -0.25) is 9.69 Å². The summed E-state index contributed by atoms with van der Waals surface area (Å²) in [5, 5.41) is 20.5. The number of aromatic nitrogens is 2. The molecular weight excluding hydrogens is 444 g/mol. The molecule has 1 aromatic heterocycles. The van der Waals surface area contributed by atoms with Gasteiger partial charge >= 0.3 is 5.97 Å². The minimum Gasteiger partial charge on any atom is -0.481 e. The van der Waals surface area contributed by atoms with Gasteiger partial charge in [-0.2, -0.15) is 0 Å². The highest BCUT2D eigenvalue weighted by molar-refractivity contribution is 7.18. The van der Waals surface area contributed by atoms with Crippen LogP contribution in [0.25, 0.3) is 10.6 Å². The molecule has 168 valence electrons. The molecule has 1 N–H and O–H groups in total. The molecule has 1 aliphatic heterocycles. The van der Waals surface area contributed by atoms with Gasteiger partial charge in [0, 0.05) is 43.3 Å². The number of carbonyl (C=O) groups is 1. The van der Waals surface area contributed by atoms with Gasteiger partial charge in [-0.25, -0.2) is 0 Å². The zero-order valence-corrected chi connectivity index (χ0v) is 19.6. The molecule has 0 radical (unpaired) electrons. The lowest BCUT2D eigenvalue weighted by Crippen LogP contribution is -2.49. The molecule has 0 amide bonds. The van der Waals surface area contributed by atoms with Crippen LogP contribution >= 0.6 is 22.9 Å². The van der Waals surface area contributed by atoms with Crippen LogP contribution in [0.5, 0.6) is 0 Å². The fourth-order valence-corrected chi connectivity index (χ4v) is 4.82. The zero-order valence-electron chi connectivity index (χ0n) is 18.1. The normalized spacial score (nSPS) is 14.3. The second-order valence-corrected chi connectivity index (χ2v) is 9.55. The van der Waals surface area contributed by atoms with Crippen molar-refractivity contribution in [3.8, 4) is 10.6 Å². The van der Waals surface area contributed by atoms with Gasteiger partial charge in [-0.1, -0.05) is 78.7 Å². The Morgan fingerprint density at radius 3 is 2.62 bits per heavy atom. The van der Waals surface area contributed by atoms with Gasteiger partial charge in [0.25, 0.3) is 0 Å². The third-order valence-corrected chi connectivity index (χ3v) is 7.10. The topological polar surface area (TPSA) is 69.6 Å². The summed E-state index contributed by atoms with van der Waals surface area (Å²) in [5.74, 6) is -0.929. The van der Waals surface area contributed by atoms with Crippen molar-refractivity contribution < 1.29 is 9.90 Å². The number of carboxylic acids is 1. The van der Waals surface area contributed by atoms with Gasteiger partial charge in [-0.15, -0.1) is 10.2 Å². The fourth-order valence-electron chi connectivity index (χ4n) is 3.75. The van der Waals surface area contributed by atoms with E-state index in [1.807, 2.05) is 18.2 Å². The maximum Gasteiger partial charge on any atom is 0.309 e. The Hall–Kier alpha value is -2.48. The Bertz CT molecular complexity index is 1050. The van der Waals surface area contributed by atoms with Crippen LogP contribution < -0.4 is 4.90 Å². The van der Waals surface area contributed by atoms with Crippen molar-refractivity contribution in [1.29, 1.82) is 0 Å². The molecule has 0 saturated carbocycles. The molecule has 2 heterocycles. The molecule has 6 nitrogen and oxygen atoms in total. The molecule has 0 aliphatic carbocycles. The summed E-state index contributed by atoms with van der Waals surface area (Å²) in [5.41, 5.74) is 3.30. The second kappa shape index (κ2) is 10.4. The number of nitrogens with zero attached hydrogens (tertiary/aromatic N) is 4. The molecule has 0 bridgehead atoms. The van der Waals surface area contributed by atoms with E-state index in [1.165, 1.54) is 5.56 Å². The summed E-state index contributed by atoms with van der Waals surface area (Å²) in [6.07, 6.45) is 2.18. The van der Waals surface area contributed by atoms with Crippen LogP contribution in [-0.4, -0.2) is 45.8 Å². The molecule has 2 aromatic carbocycles. The number of hydrogen-bond acceptors (Lipinski definition) is 6. The van der Waals surface area contributed by atoms with Crippen molar-refractivity contribution in [2.75, 3.05) is 24.5 Å². The molecule has 0 atom stereocenters. The quantitative estimate of drug-likeness (QED) is 0.440. The number of aliphatic carboxylic acids is 1. The van der Waals surface area contributed by atoms with E-state index in [0.29, 0.717) is 19.6 Å². The van der Waals surface area contributed by atoms with Crippen molar-refractivity contribution >= 4 is 34.0 Å². The number of likely N-dealkylation sites (tertiary alicyclic amines) is 1. The van der Waals surface area contributed by atoms with Crippen LogP contribution in [0.15, 0.2) is 48.5 Å². The molecule has 1 aliphatic rings. The summed E-state index contributed by atoms with van der Waals surface area (Å²) in [6.45, 7) is 5.81. The zero-order chi connectivity index (χ0) is 22.5. The number of halogens is 1. The van der Waals surface area contributed by atoms with Gasteiger partial charge in [-0.05, 0) is 23.6 Å². The molecule has 0 spiro atoms. The molecule has 1 saturated heterocycles. The van der Waals surface area contributed by atoms with Crippen LogP contribution in [0.1, 0.15) is 30.9 Å². The van der Waals surface area contributed by atoms with E-state index in [4.69, 9.17) is 16.7 Å². The minimum absolute atomic E-state index is 0.226. The molecule has 3 aromatic rings. The van der Waals surface area contributed by atoms with Gasteiger partial charge in [0.2, 0.25) is 5.13 Å². The highest BCUT2D eigenvalue weighted by atomic mass is 35.5. The number of hydrogen-bond donors (Lipinski definition) is 1. The third-order valence-electron chi connectivity index (χ3n) is 5.70. The summed E-state index contributed by atoms with van der Waals surface area (Å²) >= 11 is 7.98. The summed E-state index contributed by atoms with van der Waals surface area (Å²) < 4.78 is 0. The maximum atomic E-state index is 11.0. The Morgan fingerprint density at radius 2 is 1.94 bits per heavy atom. The number of unbranched alkanes of at least 4 members (excludes halogenated alkanes) is 1. The lowest BCUT2D eigenvalue weighted by atomic mass is 9.99. The first-order chi connectivity index (χ1) is 15.5. The first kappa shape index (κ1) is 22.7. The summed E-state index contributed by atoms with van der Waals surface area (Å²) in [4.78, 5) is 15.4. The van der Waals surface area contributed by atoms with E-state index in [2.05, 4.69) is 57.3 Å². The van der Waals surface area contributed by atoms with Crippen molar-refractivity contribution in [3.63, 3.8) is 0 Å². The lowest BCUT2D eigenvalue weighted by molar-refractivity contribution is -0.147. The fraction of sp³-hybridized carbons (Fsp3) is 0.375. The average molecular weight is 471 g/mol. The van der Waals surface area contributed by atoms with Crippen LogP contribution in [-0.2, 0) is 17.9 Å². The Balaban J connectivity index is 1.43. The standard InChI is InChI=1S/C24H27ClN4O2S/c1-2-3-12-29(16-19-6-4-5-7-21(19)25)24-27-26-22(32-24)18-10-8-17(9-11-18)13-28-14-20(15-28)23(30)31/h4-11,20H,2-3,12-16H2,1H3,(H,30,31). The Kier molecular flexibility index (Phi) is 7.40. The van der Waals surface area contributed by atoms with Gasteiger partial charge in [0.05, 0.1) is 5.92 Å². The van der Waals surface area contributed by atoms with Crippen molar-refractivity contribution in [1.82, 2.24) is 15.1 Å². The summed E-state index contributed by atoms with van der Waals surface area (Å²) in [7, 11) is 0. The highest BCUT2D eigenvalue weighted by Gasteiger charge is 2.32. The molecule has 0 unspecified atom stereocenters. The predicted molar refractivity (Wildman–Crippen MR) is 129 cm³/mol. The van der Waals surface area contributed by atoms with Crippen LogP contribution in [0, 0.1) is 5.92 Å². The number of anilines is 1. The van der Waals surface area contributed by atoms with Crippen LogP contribution in [0.4, 0.5) is 5.13 Å². The molecule has 1 fully saturated rings. The van der Waals surface area contributed by atoms with E-state index in [-0.39, 0.29) is 5.92 Å². The van der Waals surface area contributed by atoms with Gasteiger partial charge in [0.1, 0.15) is 5.01 Å². The molecule has 8 heteroatoms.